The van der Waals surface area contributed by atoms with Gasteiger partial charge in [0.1, 0.15) is 5.82 Å². The molecule has 0 unspecified atom stereocenters. The Morgan fingerprint density at radius 3 is 2.70 bits per heavy atom. The third-order valence-electron chi connectivity index (χ3n) is 2.90. The van der Waals surface area contributed by atoms with Crippen LogP contribution in [0.1, 0.15) is 31.1 Å². The molecule has 0 radical (unpaired) electrons. The van der Waals surface area contributed by atoms with Crippen LogP contribution in [-0.2, 0) is 19.5 Å². The lowest BCUT2D eigenvalue weighted by Gasteiger charge is -2.14. The van der Waals surface area contributed by atoms with Crippen molar-refractivity contribution in [2.75, 3.05) is 7.05 Å². The molecule has 0 N–H and O–H groups in total. The SMILES string of the molecule is CC(C)Cc1noc(CN(C)Cc2ccccc2F)n1. The van der Waals surface area contributed by atoms with Gasteiger partial charge in [0.2, 0.25) is 5.89 Å². The average Bonchev–Trinajstić information content (AvgIpc) is 2.78. The zero-order valence-corrected chi connectivity index (χ0v) is 12.1. The lowest BCUT2D eigenvalue weighted by Crippen LogP contribution is -2.18. The number of benzene rings is 1. The minimum absolute atomic E-state index is 0.189. The summed E-state index contributed by atoms with van der Waals surface area (Å²) in [6.45, 7) is 5.24. The average molecular weight is 277 g/mol. The topological polar surface area (TPSA) is 42.2 Å². The Bertz CT molecular complexity index is 554. The van der Waals surface area contributed by atoms with Crippen molar-refractivity contribution >= 4 is 0 Å². The molecule has 0 aliphatic heterocycles. The van der Waals surface area contributed by atoms with Crippen molar-refractivity contribution in [1.82, 2.24) is 15.0 Å². The second kappa shape index (κ2) is 6.61. The van der Waals surface area contributed by atoms with Crippen molar-refractivity contribution in [2.45, 2.75) is 33.4 Å². The van der Waals surface area contributed by atoms with Gasteiger partial charge >= 0.3 is 0 Å². The fraction of sp³-hybridized carbons (Fsp3) is 0.467. The van der Waals surface area contributed by atoms with Crippen molar-refractivity contribution in [3.63, 3.8) is 0 Å². The molecule has 1 heterocycles. The minimum Gasteiger partial charge on any atom is -0.338 e. The number of halogens is 1. The molecule has 0 saturated heterocycles. The molecule has 5 heteroatoms. The number of nitrogens with zero attached hydrogens (tertiary/aromatic N) is 3. The third-order valence-corrected chi connectivity index (χ3v) is 2.90. The maximum absolute atomic E-state index is 13.6. The maximum atomic E-state index is 13.6. The molecule has 2 aromatic rings. The first-order valence-corrected chi connectivity index (χ1v) is 6.78. The third kappa shape index (κ3) is 4.13. The highest BCUT2D eigenvalue weighted by molar-refractivity contribution is 5.17. The van der Waals surface area contributed by atoms with E-state index in [0.717, 1.165) is 12.2 Å². The molecule has 0 fully saturated rings. The van der Waals surface area contributed by atoms with E-state index in [-0.39, 0.29) is 5.82 Å². The lowest BCUT2D eigenvalue weighted by molar-refractivity contribution is 0.257. The largest absolute Gasteiger partial charge is 0.338 e. The van der Waals surface area contributed by atoms with Crippen LogP contribution in [0.25, 0.3) is 0 Å². The Kier molecular flexibility index (Phi) is 4.84. The molecule has 1 aromatic heterocycles. The molecule has 0 saturated carbocycles. The van der Waals surface area contributed by atoms with E-state index in [2.05, 4.69) is 24.0 Å². The zero-order chi connectivity index (χ0) is 14.5. The molecule has 0 atom stereocenters. The van der Waals surface area contributed by atoms with Gasteiger partial charge in [0.05, 0.1) is 6.54 Å². The van der Waals surface area contributed by atoms with Gasteiger partial charge in [0, 0.05) is 18.5 Å². The summed E-state index contributed by atoms with van der Waals surface area (Å²) in [6, 6.07) is 6.77. The quantitative estimate of drug-likeness (QED) is 0.814. The Morgan fingerprint density at radius 1 is 1.25 bits per heavy atom. The summed E-state index contributed by atoms with van der Waals surface area (Å²) in [4.78, 5) is 6.29. The van der Waals surface area contributed by atoms with Crippen LogP contribution in [0.15, 0.2) is 28.8 Å². The normalized spacial score (nSPS) is 11.5. The van der Waals surface area contributed by atoms with E-state index in [1.54, 1.807) is 12.1 Å². The second-order valence-electron chi connectivity index (χ2n) is 5.47. The van der Waals surface area contributed by atoms with Crippen molar-refractivity contribution in [2.24, 2.45) is 5.92 Å². The van der Waals surface area contributed by atoms with Gasteiger partial charge in [0.15, 0.2) is 5.82 Å². The Balaban J connectivity index is 1.93. The van der Waals surface area contributed by atoms with Crippen molar-refractivity contribution in [3.05, 3.63) is 47.4 Å². The highest BCUT2D eigenvalue weighted by Gasteiger charge is 2.11. The van der Waals surface area contributed by atoms with Crippen LogP contribution < -0.4 is 0 Å². The summed E-state index contributed by atoms with van der Waals surface area (Å²) in [5.41, 5.74) is 0.664. The number of rotatable bonds is 6. The van der Waals surface area contributed by atoms with E-state index >= 15 is 0 Å². The van der Waals surface area contributed by atoms with Crippen molar-refractivity contribution < 1.29 is 8.91 Å². The predicted molar refractivity (Wildman–Crippen MR) is 74.4 cm³/mol. The van der Waals surface area contributed by atoms with E-state index in [4.69, 9.17) is 4.52 Å². The van der Waals surface area contributed by atoms with Gasteiger partial charge in [0.25, 0.3) is 0 Å². The van der Waals surface area contributed by atoms with Crippen LogP contribution in [0.3, 0.4) is 0 Å². The molecule has 20 heavy (non-hydrogen) atoms. The van der Waals surface area contributed by atoms with E-state index < -0.39 is 0 Å². The number of aromatic nitrogens is 2. The molecule has 1 aromatic carbocycles. The molecule has 0 amide bonds. The van der Waals surface area contributed by atoms with Crippen molar-refractivity contribution in [1.29, 1.82) is 0 Å². The molecule has 2 rings (SSSR count). The van der Waals surface area contributed by atoms with Crippen LogP contribution in [0.4, 0.5) is 4.39 Å². The molecule has 0 aliphatic rings. The van der Waals surface area contributed by atoms with Crippen LogP contribution >= 0.6 is 0 Å². The molecular weight excluding hydrogens is 257 g/mol. The van der Waals surface area contributed by atoms with Gasteiger partial charge in [-0.1, -0.05) is 37.2 Å². The van der Waals surface area contributed by atoms with Gasteiger partial charge in [-0.05, 0) is 19.0 Å². The molecule has 0 aliphatic carbocycles. The summed E-state index contributed by atoms with van der Waals surface area (Å²) in [5, 5.41) is 3.95. The lowest BCUT2D eigenvalue weighted by atomic mass is 10.1. The summed E-state index contributed by atoms with van der Waals surface area (Å²) in [7, 11) is 1.90. The Morgan fingerprint density at radius 2 is 2.00 bits per heavy atom. The van der Waals surface area contributed by atoms with E-state index in [1.165, 1.54) is 6.07 Å². The molecule has 0 spiro atoms. The second-order valence-corrected chi connectivity index (χ2v) is 5.47. The summed E-state index contributed by atoms with van der Waals surface area (Å²) in [6.07, 6.45) is 0.806. The van der Waals surface area contributed by atoms with E-state index in [0.29, 0.717) is 30.5 Å². The summed E-state index contributed by atoms with van der Waals surface area (Å²) in [5.74, 6) is 1.61. The zero-order valence-electron chi connectivity index (χ0n) is 12.1. The van der Waals surface area contributed by atoms with Gasteiger partial charge in [-0.2, -0.15) is 4.98 Å². The number of hydrogen-bond acceptors (Lipinski definition) is 4. The summed E-state index contributed by atoms with van der Waals surface area (Å²) >= 11 is 0. The Hall–Kier alpha value is -1.75. The molecule has 0 bridgehead atoms. The minimum atomic E-state index is -0.189. The van der Waals surface area contributed by atoms with Gasteiger partial charge in [-0.3, -0.25) is 4.90 Å². The van der Waals surface area contributed by atoms with Crippen LogP contribution in [-0.4, -0.2) is 22.1 Å². The van der Waals surface area contributed by atoms with E-state index in [9.17, 15) is 4.39 Å². The number of hydrogen-bond donors (Lipinski definition) is 0. The highest BCUT2D eigenvalue weighted by Crippen LogP contribution is 2.11. The molecule has 4 nitrogen and oxygen atoms in total. The van der Waals surface area contributed by atoms with Crippen LogP contribution in [0.5, 0.6) is 0 Å². The van der Waals surface area contributed by atoms with Gasteiger partial charge < -0.3 is 4.52 Å². The molecular formula is C15H20FN3O. The van der Waals surface area contributed by atoms with Gasteiger partial charge in [-0.25, -0.2) is 4.39 Å². The Labute approximate surface area is 118 Å². The fourth-order valence-electron chi connectivity index (χ4n) is 2.01. The monoisotopic (exact) mass is 277 g/mol. The standard InChI is InChI=1S/C15H20FN3O/c1-11(2)8-14-17-15(20-18-14)10-19(3)9-12-6-4-5-7-13(12)16/h4-7,11H,8-10H2,1-3H3. The molecule has 108 valence electrons. The van der Waals surface area contributed by atoms with Crippen LogP contribution in [0.2, 0.25) is 0 Å². The van der Waals surface area contributed by atoms with E-state index in [1.807, 2.05) is 18.0 Å². The first-order valence-electron chi connectivity index (χ1n) is 6.78. The van der Waals surface area contributed by atoms with Crippen LogP contribution in [0, 0.1) is 11.7 Å². The first kappa shape index (κ1) is 14.7. The smallest absolute Gasteiger partial charge is 0.240 e. The predicted octanol–water partition coefficient (Wildman–Crippen LogP) is 3.04. The fourth-order valence-corrected chi connectivity index (χ4v) is 2.01. The first-order chi connectivity index (χ1) is 9.54. The van der Waals surface area contributed by atoms with Gasteiger partial charge in [-0.15, -0.1) is 0 Å². The van der Waals surface area contributed by atoms with Crippen molar-refractivity contribution in [3.8, 4) is 0 Å². The summed E-state index contributed by atoms with van der Waals surface area (Å²) < 4.78 is 18.8. The maximum Gasteiger partial charge on any atom is 0.240 e. The highest BCUT2D eigenvalue weighted by atomic mass is 19.1.